The van der Waals surface area contributed by atoms with Crippen LogP contribution < -0.4 is 5.32 Å². The molecule has 0 saturated carbocycles. The highest BCUT2D eigenvalue weighted by atomic mass is 19.1. The van der Waals surface area contributed by atoms with Crippen molar-refractivity contribution in [3.05, 3.63) is 71.7 Å². The number of aryl methyl sites for hydroxylation is 1. The van der Waals surface area contributed by atoms with Gasteiger partial charge in [0.05, 0.1) is 11.4 Å². The second-order valence-electron chi connectivity index (χ2n) is 6.99. The molecule has 0 unspecified atom stereocenters. The maximum Gasteiger partial charge on any atom is 0.270 e. The number of nitrogens with one attached hydrogen (secondary N) is 1. The predicted octanol–water partition coefficient (Wildman–Crippen LogP) is 5.30. The summed E-state index contributed by atoms with van der Waals surface area (Å²) in [5, 5.41) is 7.62. The van der Waals surface area contributed by atoms with Crippen LogP contribution in [0.5, 0.6) is 0 Å². The Bertz CT molecular complexity index is 914. The van der Waals surface area contributed by atoms with Gasteiger partial charge in [0.15, 0.2) is 0 Å². The Labute approximate surface area is 165 Å². The molecule has 0 bridgehead atoms. The first-order valence-corrected chi connectivity index (χ1v) is 9.79. The van der Waals surface area contributed by atoms with Gasteiger partial charge in [0.25, 0.3) is 5.91 Å². The second-order valence-corrected chi connectivity index (χ2v) is 6.99. The van der Waals surface area contributed by atoms with E-state index in [1.54, 1.807) is 22.9 Å². The van der Waals surface area contributed by atoms with E-state index in [2.05, 4.69) is 17.3 Å². The molecule has 0 atom stereocenters. The van der Waals surface area contributed by atoms with Gasteiger partial charge in [-0.25, -0.2) is 9.07 Å². The lowest BCUT2D eigenvalue weighted by molar-refractivity contribution is 0.0945. The third-order valence-electron chi connectivity index (χ3n) is 4.68. The summed E-state index contributed by atoms with van der Waals surface area (Å²) in [6.45, 7) is 4.82. The topological polar surface area (TPSA) is 46.9 Å². The summed E-state index contributed by atoms with van der Waals surface area (Å²) in [6.07, 6.45) is 4.40. The van der Waals surface area contributed by atoms with Crippen LogP contribution in [0.25, 0.3) is 16.9 Å². The third-order valence-corrected chi connectivity index (χ3v) is 4.68. The zero-order valence-electron chi connectivity index (χ0n) is 16.4. The fourth-order valence-electron chi connectivity index (χ4n) is 3.03. The van der Waals surface area contributed by atoms with E-state index in [-0.39, 0.29) is 11.7 Å². The first kappa shape index (κ1) is 19.8. The molecule has 0 radical (unpaired) electrons. The standard InChI is InChI=1S/C23H26FN3O/c1-3-4-5-6-15-25-23(28)22-16-21(18-9-11-19(24)12-10-18)26-27(22)20-13-7-17(2)8-14-20/h7-14,16H,3-6,15H2,1-2H3,(H,25,28). The van der Waals surface area contributed by atoms with Crippen LogP contribution in [0, 0.1) is 12.7 Å². The minimum atomic E-state index is -0.299. The van der Waals surface area contributed by atoms with E-state index in [1.165, 1.54) is 18.6 Å². The molecule has 3 aromatic rings. The minimum Gasteiger partial charge on any atom is -0.351 e. The molecule has 5 heteroatoms. The van der Waals surface area contributed by atoms with Crippen molar-refractivity contribution in [1.82, 2.24) is 15.1 Å². The van der Waals surface area contributed by atoms with Gasteiger partial charge in [-0.3, -0.25) is 4.79 Å². The van der Waals surface area contributed by atoms with Crippen LogP contribution in [0.2, 0.25) is 0 Å². The van der Waals surface area contributed by atoms with Gasteiger partial charge in [0.1, 0.15) is 11.5 Å². The molecule has 3 rings (SSSR count). The normalized spacial score (nSPS) is 10.8. The van der Waals surface area contributed by atoms with Gasteiger partial charge in [0.2, 0.25) is 0 Å². The summed E-state index contributed by atoms with van der Waals surface area (Å²) in [4.78, 5) is 12.8. The lowest BCUT2D eigenvalue weighted by Gasteiger charge is -2.08. The van der Waals surface area contributed by atoms with Gasteiger partial charge < -0.3 is 5.32 Å². The van der Waals surface area contributed by atoms with Crippen LogP contribution in [-0.2, 0) is 0 Å². The summed E-state index contributed by atoms with van der Waals surface area (Å²) in [6, 6.07) is 15.7. The summed E-state index contributed by atoms with van der Waals surface area (Å²) < 4.78 is 14.9. The Balaban J connectivity index is 1.88. The largest absolute Gasteiger partial charge is 0.351 e. The van der Waals surface area contributed by atoms with Crippen LogP contribution >= 0.6 is 0 Å². The quantitative estimate of drug-likeness (QED) is 0.540. The molecule has 0 spiro atoms. The fourth-order valence-corrected chi connectivity index (χ4v) is 3.03. The summed E-state index contributed by atoms with van der Waals surface area (Å²) in [5.74, 6) is -0.454. The first-order valence-electron chi connectivity index (χ1n) is 9.79. The highest BCUT2D eigenvalue weighted by Gasteiger charge is 2.17. The molecule has 1 amide bonds. The van der Waals surface area contributed by atoms with Gasteiger partial charge in [-0.1, -0.05) is 43.9 Å². The Kier molecular flexibility index (Phi) is 6.58. The molecular weight excluding hydrogens is 353 g/mol. The summed E-state index contributed by atoms with van der Waals surface area (Å²) in [7, 11) is 0. The van der Waals surface area contributed by atoms with E-state index in [9.17, 15) is 9.18 Å². The van der Waals surface area contributed by atoms with Crippen molar-refractivity contribution in [3.63, 3.8) is 0 Å². The molecule has 0 aliphatic heterocycles. The van der Waals surface area contributed by atoms with Crippen molar-refractivity contribution < 1.29 is 9.18 Å². The number of halogens is 1. The first-order chi connectivity index (χ1) is 13.6. The molecule has 0 saturated heterocycles. The molecule has 1 heterocycles. The molecule has 0 fully saturated rings. The van der Waals surface area contributed by atoms with Crippen LogP contribution in [0.3, 0.4) is 0 Å². The Morgan fingerprint density at radius 3 is 2.43 bits per heavy atom. The third kappa shape index (κ3) is 4.85. The van der Waals surface area contributed by atoms with Gasteiger partial charge in [-0.15, -0.1) is 0 Å². The average Bonchev–Trinajstić information content (AvgIpc) is 3.14. The van der Waals surface area contributed by atoms with E-state index in [4.69, 9.17) is 0 Å². The lowest BCUT2D eigenvalue weighted by Crippen LogP contribution is -2.26. The van der Waals surface area contributed by atoms with Gasteiger partial charge >= 0.3 is 0 Å². The number of carbonyl (C=O) groups is 1. The number of nitrogens with zero attached hydrogens (tertiary/aromatic N) is 2. The number of amides is 1. The number of rotatable bonds is 8. The van der Waals surface area contributed by atoms with Gasteiger partial charge in [0, 0.05) is 12.1 Å². The maximum atomic E-state index is 13.3. The van der Waals surface area contributed by atoms with E-state index in [0.29, 0.717) is 17.9 Å². The lowest BCUT2D eigenvalue weighted by atomic mass is 10.1. The molecule has 0 aliphatic carbocycles. The number of carbonyl (C=O) groups excluding carboxylic acids is 1. The zero-order valence-corrected chi connectivity index (χ0v) is 16.4. The Hall–Kier alpha value is -2.95. The predicted molar refractivity (Wildman–Crippen MR) is 110 cm³/mol. The maximum absolute atomic E-state index is 13.3. The molecule has 4 nitrogen and oxygen atoms in total. The number of unbranched alkanes of at least 4 members (excludes halogenated alkanes) is 3. The van der Waals surface area contributed by atoms with Gasteiger partial charge in [-0.2, -0.15) is 5.10 Å². The molecule has 28 heavy (non-hydrogen) atoms. The summed E-state index contributed by atoms with van der Waals surface area (Å²) >= 11 is 0. The minimum absolute atomic E-state index is 0.155. The Morgan fingerprint density at radius 2 is 1.75 bits per heavy atom. The number of benzene rings is 2. The highest BCUT2D eigenvalue weighted by Crippen LogP contribution is 2.22. The van der Waals surface area contributed by atoms with Crippen molar-refractivity contribution in [1.29, 1.82) is 0 Å². The van der Waals surface area contributed by atoms with E-state index in [1.807, 2.05) is 31.2 Å². The van der Waals surface area contributed by atoms with Gasteiger partial charge in [-0.05, 0) is 55.8 Å². The molecule has 0 aliphatic rings. The van der Waals surface area contributed by atoms with Crippen LogP contribution in [-0.4, -0.2) is 22.2 Å². The molecule has 1 N–H and O–H groups in total. The van der Waals surface area contributed by atoms with E-state index < -0.39 is 0 Å². The highest BCUT2D eigenvalue weighted by molar-refractivity contribution is 5.94. The van der Waals surface area contributed by atoms with Crippen molar-refractivity contribution in [3.8, 4) is 16.9 Å². The number of hydrogen-bond acceptors (Lipinski definition) is 2. The summed E-state index contributed by atoms with van der Waals surface area (Å²) in [5.41, 5.74) is 3.83. The molecular formula is C23H26FN3O. The molecule has 146 valence electrons. The number of hydrogen-bond donors (Lipinski definition) is 1. The van der Waals surface area contributed by atoms with Crippen LogP contribution in [0.4, 0.5) is 4.39 Å². The smallest absolute Gasteiger partial charge is 0.270 e. The van der Waals surface area contributed by atoms with E-state index >= 15 is 0 Å². The fraction of sp³-hybridized carbons (Fsp3) is 0.304. The van der Waals surface area contributed by atoms with Crippen LogP contribution in [0.1, 0.15) is 48.7 Å². The van der Waals surface area contributed by atoms with E-state index in [0.717, 1.165) is 36.1 Å². The molecule has 1 aromatic heterocycles. The zero-order chi connectivity index (χ0) is 19.9. The van der Waals surface area contributed by atoms with Crippen molar-refractivity contribution in [2.24, 2.45) is 0 Å². The van der Waals surface area contributed by atoms with Crippen molar-refractivity contribution >= 4 is 5.91 Å². The average molecular weight is 379 g/mol. The van der Waals surface area contributed by atoms with Crippen molar-refractivity contribution in [2.45, 2.75) is 39.5 Å². The van der Waals surface area contributed by atoms with Crippen molar-refractivity contribution in [2.75, 3.05) is 6.54 Å². The Morgan fingerprint density at radius 1 is 1.04 bits per heavy atom. The SMILES string of the molecule is CCCCCCNC(=O)c1cc(-c2ccc(F)cc2)nn1-c1ccc(C)cc1. The monoisotopic (exact) mass is 379 g/mol. The number of aromatic nitrogens is 2. The second kappa shape index (κ2) is 9.31. The molecule has 2 aromatic carbocycles. The van der Waals surface area contributed by atoms with Crippen LogP contribution in [0.15, 0.2) is 54.6 Å².